The van der Waals surface area contributed by atoms with Crippen LogP contribution in [0.3, 0.4) is 0 Å². The normalized spacial score (nSPS) is 12.1. The van der Waals surface area contributed by atoms with Crippen molar-refractivity contribution in [1.82, 2.24) is 10.6 Å². The van der Waals surface area contributed by atoms with Crippen LogP contribution in [0.5, 0.6) is 0 Å². The summed E-state index contributed by atoms with van der Waals surface area (Å²) in [5, 5.41) is 2.96. The molecule has 0 unspecified atom stereocenters. The van der Waals surface area contributed by atoms with Crippen LogP contribution < -0.4 is 10.6 Å². The fourth-order valence-electron chi connectivity index (χ4n) is 1.74. The molecule has 2 amide bonds. The minimum absolute atomic E-state index is 0.288. The van der Waals surface area contributed by atoms with Gasteiger partial charge in [-0.3, -0.25) is 0 Å². The maximum atomic E-state index is 12.7. The summed E-state index contributed by atoms with van der Waals surface area (Å²) in [6, 6.07) is 5.60. The largest absolute Gasteiger partial charge is 0.445 e. The Bertz CT molecular complexity index is 663. The van der Waals surface area contributed by atoms with Gasteiger partial charge in [-0.1, -0.05) is 18.2 Å². The second-order valence-electron chi connectivity index (χ2n) is 5.80. The number of ether oxygens (including phenoxy) is 2. The minimum atomic E-state index is -4.42. The number of hydrogen-bond donors (Lipinski definition) is 2. The van der Waals surface area contributed by atoms with Gasteiger partial charge in [-0.15, -0.1) is 0 Å². The number of benzene rings is 1. The lowest BCUT2D eigenvalue weighted by Crippen LogP contribution is -2.41. The molecule has 0 spiro atoms. The van der Waals surface area contributed by atoms with Gasteiger partial charge in [-0.25, -0.2) is 27.2 Å². The average molecular weight is 452 g/mol. The molecule has 0 radical (unpaired) electrons. The average Bonchev–Trinajstić information content (AvgIpc) is 2.67. The summed E-state index contributed by atoms with van der Waals surface area (Å²) in [6.07, 6.45) is -10.7. The zero-order valence-electron chi connectivity index (χ0n) is 14.9. The van der Waals surface area contributed by atoms with Crippen molar-refractivity contribution in [2.24, 2.45) is 0 Å². The molecule has 0 fully saturated rings. The standard InChI is InChI=1S/C16H16F8N2O4/c17-11(18)15(21,22)7-25-13(27)29-5-9-2-1-3-10(4-9)6-30-14(28)26-8-16(23,24)12(19)20/h1-4,11-12H,5-8H2,(H,25,27)(H,26,28). The first-order valence-corrected chi connectivity index (χ1v) is 8.04. The number of halogens is 8. The SMILES string of the molecule is O=C(NCC(F)(F)C(F)F)OCc1cccc(COC(=O)NCC(F)(F)C(F)F)c1. The van der Waals surface area contributed by atoms with Gasteiger partial charge in [0.25, 0.3) is 0 Å². The van der Waals surface area contributed by atoms with Crippen molar-refractivity contribution >= 4 is 12.2 Å². The minimum Gasteiger partial charge on any atom is -0.445 e. The van der Waals surface area contributed by atoms with E-state index in [-0.39, 0.29) is 11.1 Å². The molecule has 170 valence electrons. The summed E-state index contributed by atoms with van der Waals surface area (Å²) in [5.41, 5.74) is 0.577. The van der Waals surface area contributed by atoms with Crippen LogP contribution in [0.25, 0.3) is 0 Å². The lowest BCUT2D eigenvalue weighted by molar-refractivity contribution is -0.124. The second-order valence-corrected chi connectivity index (χ2v) is 5.80. The van der Waals surface area contributed by atoms with Crippen molar-refractivity contribution in [3.63, 3.8) is 0 Å². The van der Waals surface area contributed by atoms with Gasteiger partial charge in [0.2, 0.25) is 0 Å². The Balaban J connectivity index is 2.44. The predicted molar refractivity (Wildman–Crippen MR) is 84.7 cm³/mol. The number of nitrogens with one attached hydrogen (secondary N) is 2. The van der Waals surface area contributed by atoms with Gasteiger partial charge in [0.15, 0.2) is 0 Å². The first-order chi connectivity index (χ1) is 13.8. The Morgan fingerprint density at radius 2 is 1.17 bits per heavy atom. The highest BCUT2D eigenvalue weighted by Crippen LogP contribution is 2.22. The lowest BCUT2D eigenvalue weighted by atomic mass is 10.1. The molecule has 6 nitrogen and oxygen atoms in total. The third kappa shape index (κ3) is 8.69. The van der Waals surface area contributed by atoms with Crippen LogP contribution in [0, 0.1) is 0 Å². The third-order valence-corrected chi connectivity index (χ3v) is 3.31. The summed E-state index contributed by atoms with van der Waals surface area (Å²) < 4.78 is 108. The summed E-state index contributed by atoms with van der Waals surface area (Å²) in [4.78, 5) is 22.6. The molecule has 1 aromatic carbocycles. The Kier molecular flexibility index (Phi) is 9.11. The molecule has 0 saturated carbocycles. The Morgan fingerprint density at radius 3 is 1.50 bits per heavy atom. The first kappa shape index (κ1) is 25.2. The van der Waals surface area contributed by atoms with E-state index in [9.17, 15) is 44.7 Å². The van der Waals surface area contributed by atoms with Crippen LogP contribution in [0.4, 0.5) is 44.7 Å². The molecule has 0 heterocycles. The highest BCUT2D eigenvalue weighted by atomic mass is 19.3. The summed E-state index contributed by atoms with van der Waals surface area (Å²) in [7, 11) is 0. The highest BCUT2D eigenvalue weighted by Gasteiger charge is 2.41. The molecule has 0 aliphatic carbocycles. The number of alkyl carbamates (subject to hydrolysis) is 2. The molecule has 0 bridgehead atoms. The van der Waals surface area contributed by atoms with Gasteiger partial charge in [-0.05, 0) is 17.2 Å². The molecule has 1 aromatic rings. The van der Waals surface area contributed by atoms with Gasteiger partial charge in [0.1, 0.15) is 13.2 Å². The maximum Gasteiger partial charge on any atom is 0.407 e. The zero-order chi connectivity index (χ0) is 22.9. The van der Waals surface area contributed by atoms with E-state index in [1.165, 1.54) is 34.9 Å². The third-order valence-electron chi connectivity index (χ3n) is 3.31. The van der Waals surface area contributed by atoms with Crippen molar-refractivity contribution in [2.45, 2.75) is 37.9 Å². The van der Waals surface area contributed by atoms with E-state index in [0.29, 0.717) is 0 Å². The fourth-order valence-corrected chi connectivity index (χ4v) is 1.74. The van der Waals surface area contributed by atoms with Crippen LogP contribution in [0.15, 0.2) is 24.3 Å². The Morgan fingerprint density at radius 1 is 0.800 bits per heavy atom. The predicted octanol–water partition coefficient (Wildman–Crippen LogP) is 3.94. The summed E-state index contributed by atoms with van der Waals surface area (Å²) in [6.45, 7) is -4.16. The number of alkyl halides is 8. The van der Waals surface area contributed by atoms with Crippen molar-refractivity contribution in [3.05, 3.63) is 35.4 Å². The van der Waals surface area contributed by atoms with E-state index in [2.05, 4.69) is 9.47 Å². The number of hydrogen-bond acceptors (Lipinski definition) is 4. The zero-order valence-corrected chi connectivity index (χ0v) is 14.9. The number of rotatable bonds is 10. The molecule has 0 atom stereocenters. The van der Waals surface area contributed by atoms with Crippen LogP contribution >= 0.6 is 0 Å². The van der Waals surface area contributed by atoms with Crippen molar-refractivity contribution in [1.29, 1.82) is 0 Å². The van der Waals surface area contributed by atoms with Gasteiger partial charge in [0.05, 0.1) is 13.1 Å². The van der Waals surface area contributed by atoms with E-state index in [0.717, 1.165) is 0 Å². The molecule has 0 saturated heterocycles. The molecule has 0 aliphatic rings. The molecule has 14 heteroatoms. The van der Waals surface area contributed by atoms with Gasteiger partial charge in [-0.2, -0.15) is 17.6 Å². The van der Waals surface area contributed by atoms with E-state index in [1.54, 1.807) is 0 Å². The Labute approximate surface area is 164 Å². The van der Waals surface area contributed by atoms with Crippen LogP contribution in [0.1, 0.15) is 11.1 Å². The van der Waals surface area contributed by atoms with E-state index >= 15 is 0 Å². The number of carbonyl (C=O) groups is 2. The molecule has 30 heavy (non-hydrogen) atoms. The van der Waals surface area contributed by atoms with Crippen LogP contribution in [-0.4, -0.2) is 50.0 Å². The number of amides is 2. The van der Waals surface area contributed by atoms with Gasteiger partial charge >= 0.3 is 36.9 Å². The van der Waals surface area contributed by atoms with Crippen molar-refractivity contribution in [3.8, 4) is 0 Å². The molecule has 2 N–H and O–H groups in total. The van der Waals surface area contributed by atoms with Crippen molar-refractivity contribution < 1.29 is 54.2 Å². The molecule has 0 aliphatic heterocycles. The number of carbonyl (C=O) groups excluding carboxylic acids is 2. The summed E-state index contributed by atoms with van der Waals surface area (Å²) in [5.74, 6) is -8.84. The molecular formula is C16H16F8N2O4. The molecule has 1 rings (SSSR count). The Hall–Kier alpha value is -2.80. The van der Waals surface area contributed by atoms with E-state index in [4.69, 9.17) is 0 Å². The monoisotopic (exact) mass is 452 g/mol. The topological polar surface area (TPSA) is 76.7 Å². The second kappa shape index (κ2) is 10.8. The van der Waals surface area contributed by atoms with Crippen molar-refractivity contribution in [2.75, 3.05) is 13.1 Å². The van der Waals surface area contributed by atoms with Gasteiger partial charge < -0.3 is 20.1 Å². The maximum absolute atomic E-state index is 12.7. The smallest absolute Gasteiger partial charge is 0.407 e. The first-order valence-electron chi connectivity index (χ1n) is 8.04. The van der Waals surface area contributed by atoms with E-state index in [1.807, 2.05) is 0 Å². The fraction of sp³-hybridized carbons (Fsp3) is 0.500. The van der Waals surface area contributed by atoms with Gasteiger partial charge in [0, 0.05) is 0 Å². The highest BCUT2D eigenvalue weighted by molar-refractivity contribution is 5.67. The quantitative estimate of drug-likeness (QED) is 0.528. The molecular weight excluding hydrogens is 436 g/mol. The van der Waals surface area contributed by atoms with E-state index < -0.39 is 63.2 Å². The summed E-state index contributed by atoms with van der Waals surface area (Å²) >= 11 is 0. The molecule has 0 aromatic heterocycles. The van der Waals surface area contributed by atoms with Crippen LogP contribution in [-0.2, 0) is 22.7 Å². The lowest BCUT2D eigenvalue weighted by Gasteiger charge is -2.16. The van der Waals surface area contributed by atoms with Crippen LogP contribution in [0.2, 0.25) is 0 Å².